The molecule has 0 saturated heterocycles. The number of carbonyl (C=O) groups is 1. The van der Waals surface area contributed by atoms with Crippen LogP contribution in [0.25, 0.3) is 0 Å². The van der Waals surface area contributed by atoms with E-state index in [4.69, 9.17) is 11.6 Å². The molecule has 2 N–H and O–H groups in total. The molecule has 198 valence electrons. The third kappa shape index (κ3) is 7.70. The molecule has 0 atom stereocenters. The Balaban J connectivity index is 1.61. The van der Waals surface area contributed by atoms with E-state index in [1.54, 1.807) is 19.1 Å². The van der Waals surface area contributed by atoms with Crippen LogP contribution >= 0.6 is 11.6 Å². The summed E-state index contributed by atoms with van der Waals surface area (Å²) in [6.45, 7) is 5.66. The number of nitrogens with zero attached hydrogens (tertiary/aromatic N) is 1. The average molecular weight is 564 g/mol. The van der Waals surface area contributed by atoms with E-state index in [-0.39, 0.29) is 23.8 Å². The molecule has 0 fully saturated rings. The number of rotatable bonds is 10. The highest BCUT2D eigenvalue weighted by Crippen LogP contribution is 2.26. The number of hydrogen-bond acceptors (Lipinski definition) is 5. The van der Waals surface area contributed by atoms with E-state index >= 15 is 0 Å². The number of carbonyl (C=O) groups excluding carboxylic acids is 1. The minimum atomic E-state index is -3.85. The summed E-state index contributed by atoms with van der Waals surface area (Å²) in [5, 5.41) is 3.13. The zero-order chi connectivity index (χ0) is 27.4. The van der Waals surface area contributed by atoms with Crippen LogP contribution in [-0.4, -0.2) is 35.5 Å². The molecule has 37 heavy (non-hydrogen) atoms. The largest absolute Gasteiger partial charge is 0.326 e. The van der Waals surface area contributed by atoms with Crippen LogP contribution in [0.2, 0.25) is 5.02 Å². The minimum Gasteiger partial charge on any atom is -0.326 e. The monoisotopic (exact) mass is 563 g/mol. The second-order valence-electron chi connectivity index (χ2n) is 8.87. The summed E-state index contributed by atoms with van der Waals surface area (Å²) in [5.74, 6) is -0.308. The molecule has 3 aromatic carbocycles. The van der Waals surface area contributed by atoms with Gasteiger partial charge in [0.25, 0.3) is 10.0 Å². The van der Waals surface area contributed by atoms with Crippen molar-refractivity contribution >= 4 is 54.6 Å². The summed E-state index contributed by atoms with van der Waals surface area (Å²) in [6.07, 6.45) is 1.54. The van der Waals surface area contributed by atoms with E-state index in [9.17, 15) is 21.6 Å². The lowest BCUT2D eigenvalue weighted by Gasteiger charge is -2.24. The van der Waals surface area contributed by atoms with Crippen LogP contribution in [-0.2, 0) is 24.8 Å². The average Bonchev–Trinajstić information content (AvgIpc) is 2.80. The van der Waals surface area contributed by atoms with Gasteiger partial charge in [0.1, 0.15) is 0 Å². The Morgan fingerprint density at radius 1 is 0.892 bits per heavy atom. The number of benzene rings is 3. The van der Waals surface area contributed by atoms with Gasteiger partial charge in [0, 0.05) is 23.7 Å². The van der Waals surface area contributed by atoms with Crippen molar-refractivity contribution in [3.8, 4) is 0 Å². The molecule has 0 aromatic heterocycles. The van der Waals surface area contributed by atoms with E-state index in [1.165, 1.54) is 34.6 Å². The molecule has 0 saturated carbocycles. The molecule has 0 unspecified atom stereocenters. The standard InChI is InChI=1S/C26H30ClN3O5S2/c1-18-7-8-20(3)25(16-18)30(36(4,32)33)15-5-6-26(31)28-22-11-13-23(14-12-22)37(34,35)29-24-17-21(27)10-9-19(24)2/h7-14,16-17,29H,5-6,15H2,1-4H3,(H,28,31). The van der Waals surface area contributed by atoms with Crippen molar-refractivity contribution < 1.29 is 21.6 Å². The molecule has 8 nitrogen and oxygen atoms in total. The molecular weight excluding hydrogens is 534 g/mol. The van der Waals surface area contributed by atoms with E-state index < -0.39 is 20.0 Å². The van der Waals surface area contributed by atoms with Crippen LogP contribution in [0.4, 0.5) is 17.1 Å². The lowest BCUT2D eigenvalue weighted by Crippen LogP contribution is -2.32. The Kier molecular flexibility index (Phi) is 8.88. The van der Waals surface area contributed by atoms with Gasteiger partial charge < -0.3 is 5.32 Å². The highest BCUT2D eigenvalue weighted by atomic mass is 35.5. The van der Waals surface area contributed by atoms with Crippen molar-refractivity contribution in [2.75, 3.05) is 27.1 Å². The second kappa shape index (κ2) is 11.5. The summed E-state index contributed by atoms with van der Waals surface area (Å²) in [4.78, 5) is 12.5. The smallest absolute Gasteiger partial charge is 0.261 e. The first kappa shape index (κ1) is 28.5. The molecule has 0 aliphatic rings. The molecule has 0 bridgehead atoms. The molecule has 0 aliphatic heterocycles. The first-order chi connectivity index (χ1) is 17.3. The van der Waals surface area contributed by atoms with Crippen molar-refractivity contribution in [1.82, 2.24) is 0 Å². The molecule has 3 rings (SSSR count). The number of hydrogen-bond donors (Lipinski definition) is 2. The SMILES string of the molecule is Cc1ccc(C)c(N(CCCC(=O)Nc2ccc(S(=O)(=O)Nc3cc(Cl)ccc3C)cc2)S(C)(=O)=O)c1. The number of amides is 1. The predicted octanol–water partition coefficient (Wildman–Crippen LogP) is 5.25. The maximum absolute atomic E-state index is 12.8. The van der Waals surface area contributed by atoms with Crippen molar-refractivity contribution in [1.29, 1.82) is 0 Å². The van der Waals surface area contributed by atoms with Gasteiger partial charge in [0.05, 0.1) is 22.5 Å². The Labute approximate surface area is 223 Å². The maximum Gasteiger partial charge on any atom is 0.261 e. The maximum atomic E-state index is 12.8. The Morgan fingerprint density at radius 2 is 1.54 bits per heavy atom. The summed E-state index contributed by atoms with van der Waals surface area (Å²) >= 11 is 5.97. The van der Waals surface area contributed by atoms with Gasteiger partial charge >= 0.3 is 0 Å². The number of sulfonamides is 2. The second-order valence-corrected chi connectivity index (χ2v) is 12.9. The Hall–Kier alpha value is -3.08. The fourth-order valence-electron chi connectivity index (χ4n) is 3.69. The summed E-state index contributed by atoms with van der Waals surface area (Å²) in [6, 6.07) is 16.3. The fourth-order valence-corrected chi connectivity index (χ4v) is 5.99. The number of anilines is 3. The summed E-state index contributed by atoms with van der Waals surface area (Å²) in [5.41, 5.74) is 3.90. The highest BCUT2D eigenvalue weighted by Gasteiger charge is 2.20. The van der Waals surface area contributed by atoms with Gasteiger partial charge in [0.2, 0.25) is 15.9 Å². The lowest BCUT2D eigenvalue weighted by molar-refractivity contribution is -0.116. The first-order valence-corrected chi connectivity index (χ1v) is 15.2. The van der Waals surface area contributed by atoms with Gasteiger partial charge in [-0.1, -0.05) is 29.8 Å². The number of halogens is 1. The van der Waals surface area contributed by atoms with Gasteiger partial charge in [-0.3, -0.25) is 13.8 Å². The molecular formula is C26H30ClN3O5S2. The third-order valence-corrected chi connectivity index (χ3v) is 8.49. The van der Waals surface area contributed by atoms with Gasteiger partial charge in [-0.25, -0.2) is 16.8 Å². The van der Waals surface area contributed by atoms with Crippen molar-refractivity contribution in [2.45, 2.75) is 38.5 Å². The first-order valence-electron chi connectivity index (χ1n) is 11.5. The zero-order valence-electron chi connectivity index (χ0n) is 21.1. The van der Waals surface area contributed by atoms with Crippen LogP contribution in [0.1, 0.15) is 29.5 Å². The summed E-state index contributed by atoms with van der Waals surface area (Å²) < 4.78 is 54.1. The molecule has 0 radical (unpaired) electrons. The number of aryl methyl sites for hydroxylation is 3. The van der Waals surface area contributed by atoms with Crippen molar-refractivity contribution in [3.05, 3.63) is 82.4 Å². The van der Waals surface area contributed by atoms with E-state index in [0.29, 0.717) is 28.5 Å². The van der Waals surface area contributed by atoms with Crippen LogP contribution in [0.3, 0.4) is 0 Å². The third-order valence-electron chi connectivity index (χ3n) is 5.69. The van der Waals surface area contributed by atoms with Gasteiger partial charge in [-0.05, 0) is 86.3 Å². The predicted molar refractivity (Wildman–Crippen MR) is 149 cm³/mol. The topological polar surface area (TPSA) is 113 Å². The van der Waals surface area contributed by atoms with E-state index in [2.05, 4.69) is 10.0 Å². The van der Waals surface area contributed by atoms with Crippen molar-refractivity contribution in [3.63, 3.8) is 0 Å². The van der Waals surface area contributed by atoms with E-state index in [1.807, 2.05) is 32.0 Å². The fraction of sp³-hybridized carbons (Fsp3) is 0.269. The lowest BCUT2D eigenvalue weighted by atomic mass is 10.1. The number of nitrogens with one attached hydrogen (secondary N) is 2. The van der Waals surface area contributed by atoms with Crippen LogP contribution in [0.5, 0.6) is 0 Å². The normalized spacial score (nSPS) is 11.7. The zero-order valence-corrected chi connectivity index (χ0v) is 23.5. The molecule has 0 heterocycles. The summed E-state index contributed by atoms with van der Waals surface area (Å²) in [7, 11) is -7.38. The van der Waals surface area contributed by atoms with Crippen molar-refractivity contribution in [2.24, 2.45) is 0 Å². The minimum absolute atomic E-state index is 0.0298. The quantitative estimate of drug-likeness (QED) is 0.350. The molecule has 0 spiro atoms. The van der Waals surface area contributed by atoms with Crippen LogP contribution < -0.4 is 14.3 Å². The van der Waals surface area contributed by atoms with Crippen LogP contribution in [0.15, 0.2) is 65.6 Å². The van der Waals surface area contributed by atoms with Gasteiger partial charge in [-0.15, -0.1) is 0 Å². The molecule has 3 aromatic rings. The van der Waals surface area contributed by atoms with Gasteiger partial charge in [0.15, 0.2) is 0 Å². The highest BCUT2D eigenvalue weighted by molar-refractivity contribution is 7.92. The molecule has 0 aliphatic carbocycles. The van der Waals surface area contributed by atoms with Gasteiger partial charge in [-0.2, -0.15) is 0 Å². The Bertz CT molecular complexity index is 1510. The Morgan fingerprint density at radius 3 is 2.19 bits per heavy atom. The molecule has 1 amide bonds. The van der Waals surface area contributed by atoms with Crippen LogP contribution in [0, 0.1) is 20.8 Å². The molecule has 11 heteroatoms. The van der Waals surface area contributed by atoms with E-state index in [0.717, 1.165) is 22.9 Å².